The highest BCUT2D eigenvalue weighted by Gasteiger charge is 2.43. The first kappa shape index (κ1) is 7.54. The maximum absolute atomic E-state index is 10.6. The molecule has 0 spiro atoms. The van der Waals surface area contributed by atoms with Gasteiger partial charge in [-0.25, -0.2) is 4.79 Å². The van der Waals surface area contributed by atoms with Gasteiger partial charge in [-0.2, -0.15) is 0 Å². The fourth-order valence-corrected chi connectivity index (χ4v) is 1.14. The van der Waals surface area contributed by atoms with Crippen molar-refractivity contribution in [3.63, 3.8) is 0 Å². The van der Waals surface area contributed by atoms with Crippen molar-refractivity contribution >= 4 is 5.97 Å². The Bertz CT molecular complexity index is 155. The van der Waals surface area contributed by atoms with E-state index in [1.807, 2.05) is 6.92 Å². The third-order valence-electron chi connectivity index (χ3n) is 2.32. The van der Waals surface area contributed by atoms with Crippen molar-refractivity contribution < 1.29 is 14.6 Å². The van der Waals surface area contributed by atoms with Gasteiger partial charge in [0.25, 0.3) is 0 Å². The molecule has 1 aliphatic rings. The maximum atomic E-state index is 10.6. The summed E-state index contributed by atoms with van der Waals surface area (Å²) in [6.45, 7) is 4.11. The average molecular weight is 144 g/mol. The Labute approximate surface area is 60.0 Å². The average Bonchev–Trinajstić information content (AvgIpc) is 2.15. The summed E-state index contributed by atoms with van der Waals surface area (Å²) >= 11 is 0. The van der Waals surface area contributed by atoms with Gasteiger partial charge < -0.3 is 9.84 Å². The second kappa shape index (κ2) is 2.23. The monoisotopic (exact) mass is 144 g/mol. The lowest BCUT2D eigenvalue weighted by Gasteiger charge is -2.22. The molecule has 0 aromatic carbocycles. The standard InChI is InChI=1S/C7H12O3/c1-5-3-4-10-7(5,2)6(8)9/h5H,3-4H2,1-2H3,(H,8,9)/t5-,7+/m1/s1. The summed E-state index contributed by atoms with van der Waals surface area (Å²) in [6, 6.07) is 0. The first-order chi connectivity index (χ1) is 4.57. The van der Waals surface area contributed by atoms with Gasteiger partial charge in [0.05, 0.1) is 0 Å². The molecule has 0 aromatic heterocycles. The van der Waals surface area contributed by atoms with E-state index in [4.69, 9.17) is 9.84 Å². The van der Waals surface area contributed by atoms with Crippen molar-refractivity contribution in [3.05, 3.63) is 0 Å². The summed E-state index contributed by atoms with van der Waals surface area (Å²) < 4.78 is 5.11. The van der Waals surface area contributed by atoms with Crippen molar-refractivity contribution in [2.75, 3.05) is 6.61 Å². The van der Waals surface area contributed by atoms with Crippen LogP contribution in [-0.2, 0) is 9.53 Å². The summed E-state index contributed by atoms with van der Waals surface area (Å²) in [5.74, 6) is -0.720. The molecule has 0 unspecified atom stereocenters. The second-order valence-electron chi connectivity index (χ2n) is 2.95. The van der Waals surface area contributed by atoms with Crippen LogP contribution >= 0.6 is 0 Å². The fourth-order valence-electron chi connectivity index (χ4n) is 1.14. The zero-order valence-electron chi connectivity index (χ0n) is 6.26. The minimum atomic E-state index is -0.931. The van der Waals surface area contributed by atoms with E-state index in [0.717, 1.165) is 6.42 Å². The van der Waals surface area contributed by atoms with E-state index < -0.39 is 11.6 Å². The number of carboxylic acids is 1. The number of carboxylic acid groups (broad SMARTS) is 1. The maximum Gasteiger partial charge on any atom is 0.335 e. The molecule has 1 heterocycles. The fraction of sp³-hybridized carbons (Fsp3) is 0.857. The van der Waals surface area contributed by atoms with Crippen LogP contribution in [0.15, 0.2) is 0 Å². The molecule has 3 nitrogen and oxygen atoms in total. The van der Waals surface area contributed by atoms with Gasteiger partial charge in [0, 0.05) is 6.61 Å². The molecule has 1 saturated heterocycles. The van der Waals surface area contributed by atoms with Gasteiger partial charge in [0.1, 0.15) is 0 Å². The van der Waals surface area contributed by atoms with Crippen molar-refractivity contribution in [2.24, 2.45) is 5.92 Å². The minimum absolute atomic E-state index is 0.130. The largest absolute Gasteiger partial charge is 0.479 e. The molecule has 3 heteroatoms. The predicted octanol–water partition coefficient (Wildman–Crippen LogP) is 0.886. The molecule has 1 aliphatic heterocycles. The molecular weight excluding hydrogens is 132 g/mol. The zero-order valence-corrected chi connectivity index (χ0v) is 6.26. The number of aliphatic carboxylic acids is 1. The zero-order chi connectivity index (χ0) is 7.78. The first-order valence-electron chi connectivity index (χ1n) is 3.44. The molecule has 58 valence electrons. The molecule has 0 amide bonds. The molecule has 1 N–H and O–H groups in total. The van der Waals surface area contributed by atoms with Crippen LogP contribution in [-0.4, -0.2) is 23.3 Å². The van der Waals surface area contributed by atoms with Crippen molar-refractivity contribution in [2.45, 2.75) is 25.9 Å². The van der Waals surface area contributed by atoms with E-state index in [-0.39, 0.29) is 5.92 Å². The summed E-state index contributed by atoms with van der Waals surface area (Å²) in [6.07, 6.45) is 0.850. The number of rotatable bonds is 1. The van der Waals surface area contributed by atoms with Crippen LogP contribution in [0.1, 0.15) is 20.3 Å². The van der Waals surface area contributed by atoms with E-state index in [1.165, 1.54) is 0 Å². The SMILES string of the molecule is C[C@@H]1CCO[C@]1(C)C(=O)O. The van der Waals surface area contributed by atoms with Gasteiger partial charge in [0.15, 0.2) is 5.60 Å². The molecule has 2 atom stereocenters. The van der Waals surface area contributed by atoms with Crippen LogP contribution in [0.2, 0.25) is 0 Å². The predicted molar refractivity (Wildman–Crippen MR) is 35.8 cm³/mol. The normalized spacial score (nSPS) is 40.0. The van der Waals surface area contributed by atoms with Crippen LogP contribution < -0.4 is 0 Å². The third kappa shape index (κ3) is 0.904. The smallest absolute Gasteiger partial charge is 0.335 e. The Balaban J connectivity index is 2.75. The van der Waals surface area contributed by atoms with Gasteiger partial charge in [-0.05, 0) is 19.3 Å². The Morgan fingerprint density at radius 3 is 2.60 bits per heavy atom. The highest BCUT2D eigenvalue weighted by Crippen LogP contribution is 2.31. The second-order valence-corrected chi connectivity index (χ2v) is 2.95. The molecule has 0 radical (unpaired) electrons. The number of ether oxygens (including phenoxy) is 1. The Kier molecular flexibility index (Phi) is 1.68. The lowest BCUT2D eigenvalue weighted by molar-refractivity contribution is -0.161. The lowest BCUT2D eigenvalue weighted by atomic mass is 9.91. The van der Waals surface area contributed by atoms with E-state index in [1.54, 1.807) is 6.92 Å². The molecule has 0 saturated carbocycles. The lowest BCUT2D eigenvalue weighted by Crippen LogP contribution is -2.39. The third-order valence-corrected chi connectivity index (χ3v) is 2.32. The Morgan fingerprint density at radius 1 is 1.80 bits per heavy atom. The van der Waals surface area contributed by atoms with Gasteiger partial charge >= 0.3 is 5.97 Å². The van der Waals surface area contributed by atoms with E-state index >= 15 is 0 Å². The van der Waals surface area contributed by atoms with E-state index in [0.29, 0.717) is 6.61 Å². The summed E-state index contributed by atoms with van der Waals surface area (Å²) in [5.41, 5.74) is -0.931. The molecule has 0 aromatic rings. The van der Waals surface area contributed by atoms with Crippen molar-refractivity contribution in [1.82, 2.24) is 0 Å². The van der Waals surface area contributed by atoms with Crippen LogP contribution in [0, 0.1) is 5.92 Å². The molecule has 10 heavy (non-hydrogen) atoms. The summed E-state index contributed by atoms with van der Waals surface area (Å²) in [4.78, 5) is 10.6. The summed E-state index contributed by atoms with van der Waals surface area (Å²) in [7, 11) is 0. The van der Waals surface area contributed by atoms with Crippen molar-refractivity contribution in [1.29, 1.82) is 0 Å². The first-order valence-corrected chi connectivity index (χ1v) is 3.44. The molecule has 0 bridgehead atoms. The number of carbonyl (C=O) groups is 1. The number of hydrogen-bond donors (Lipinski definition) is 1. The van der Waals surface area contributed by atoms with Crippen LogP contribution in [0.3, 0.4) is 0 Å². The molecule has 1 fully saturated rings. The minimum Gasteiger partial charge on any atom is -0.479 e. The quantitative estimate of drug-likeness (QED) is 0.594. The highest BCUT2D eigenvalue weighted by molar-refractivity contribution is 5.77. The van der Waals surface area contributed by atoms with Crippen LogP contribution in [0.5, 0.6) is 0 Å². The van der Waals surface area contributed by atoms with Crippen LogP contribution in [0.25, 0.3) is 0 Å². The van der Waals surface area contributed by atoms with Crippen LogP contribution in [0.4, 0.5) is 0 Å². The van der Waals surface area contributed by atoms with Gasteiger partial charge in [-0.15, -0.1) is 0 Å². The Morgan fingerprint density at radius 2 is 2.40 bits per heavy atom. The van der Waals surface area contributed by atoms with Crippen molar-refractivity contribution in [3.8, 4) is 0 Å². The van der Waals surface area contributed by atoms with Gasteiger partial charge in [0.2, 0.25) is 0 Å². The van der Waals surface area contributed by atoms with Gasteiger partial charge in [-0.1, -0.05) is 6.92 Å². The van der Waals surface area contributed by atoms with Gasteiger partial charge in [-0.3, -0.25) is 0 Å². The molecular formula is C7H12O3. The van der Waals surface area contributed by atoms with E-state index in [2.05, 4.69) is 0 Å². The summed E-state index contributed by atoms with van der Waals surface area (Å²) in [5, 5.41) is 8.72. The molecule has 1 rings (SSSR count). The topological polar surface area (TPSA) is 46.5 Å². The highest BCUT2D eigenvalue weighted by atomic mass is 16.5. The van der Waals surface area contributed by atoms with E-state index in [9.17, 15) is 4.79 Å². The number of hydrogen-bond acceptors (Lipinski definition) is 2. The Hall–Kier alpha value is -0.570. The molecule has 0 aliphatic carbocycles.